The highest BCUT2D eigenvalue weighted by molar-refractivity contribution is 7.27. The molecule has 8 rings (SSSR count). The third-order valence-corrected chi connectivity index (χ3v) is 8.30. The van der Waals surface area contributed by atoms with E-state index in [0.29, 0.717) is 0 Å². The Morgan fingerprint density at radius 2 is 1.48 bits per heavy atom. The minimum absolute atomic E-state index is 0.962. The van der Waals surface area contributed by atoms with Crippen molar-refractivity contribution in [1.82, 2.24) is 9.55 Å². The van der Waals surface area contributed by atoms with E-state index in [1.807, 2.05) is 23.7 Å². The molecule has 0 atom stereocenters. The number of nitrogens with zero attached hydrogens (tertiary/aromatic N) is 2. The van der Waals surface area contributed by atoms with Gasteiger partial charge in [-0.3, -0.25) is 4.98 Å². The molecule has 0 saturated carbocycles. The number of para-hydroxylation sites is 1. The molecular weight excluding hydrogens is 420 g/mol. The molecule has 1 aliphatic rings. The van der Waals surface area contributed by atoms with Crippen molar-refractivity contribution >= 4 is 53.3 Å². The van der Waals surface area contributed by atoms with E-state index in [4.69, 9.17) is 0 Å². The summed E-state index contributed by atoms with van der Waals surface area (Å²) in [5, 5.41) is 5.48. The topological polar surface area (TPSA) is 17.8 Å². The Balaban J connectivity index is 1.72. The van der Waals surface area contributed by atoms with Gasteiger partial charge in [-0.15, -0.1) is 11.3 Å². The van der Waals surface area contributed by atoms with Crippen LogP contribution in [0.1, 0.15) is 11.1 Å². The van der Waals surface area contributed by atoms with Crippen molar-refractivity contribution in [3.63, 3.8) is 0 Å². The molecule has 0 radical (unpaired) electrons. The summed E-state index contributed by atoms with van der Waals surface area (Å²) in [6.45, 7) is 0. The lowest BCUT2D eigenvalue weighted by molar-refractivity contribution is 1.14. The first kappa shape index (κ1) is 17.6. The molecule has 7 aromatic rings. The number of hydrogen-bond acceptors (Lipinski definition) is 2. The number of hydrogen-bond donors (Lipinski definition) is 0. The Morgan fingerprint density at radius 1 is 0.727 bits per heavy atom. The van der Waals surface area contributed by atoms with Crippen LogP contribution < -0.4 is 0 Å². The van der Waals surface area contributed by atoms with E-state index in [2.05, 4.69) is 94.5 Å². The number of pyridine rings is 1. The Bertz CT molecular complexity index is 1890. The third kappa shape index (κ3) is 2.20. The fourth-order valence-corrected chi connectivity index (χ4v) is 7.10. The minimum atomic E-state index is 0.962. The SMILES string of the molecule is c1ccc2c(c1)Cc1c-2c2c3ccccc3sc2c2c3ccccc3n(-c3ccncc3)c12. The second-order valence-electron chi connectivity index (χ2n) is 8.77. The summed E-state index contributed by atoms with van der Waals surface area (Å²) in [7, 11) is 0. The van der Waals surface area contributed by atoms with Gasteiger partial charge in [0.15, 0.2) is 0 Å². The molecule has 2 nitrogen and oxygen atoms in total. The predicted octanol–water partition coefficient (Wildman–Crippen LogP) is 8.12. The Morgan fingerprint density at radius 3 is 2.39 bits per heavy atom. The van der Waals surface area contributed by atoms with Gasteiger partial charge in [0.1, 0.15) is 0 Å². The van der Waals surface area contributed by atoms with E-state index < -0.39 is 0 Å². The Hall–Kier alpha value is -3.95. The standard InChI is InChI=1S/C30H18N2S/c1-2-8-20-18(7-1)17-23-26(20)27-22-10-4-6-12-25(22)33-30(27)28-21-9-3-5-11-24(21)32(29(23)28)19-13-15-31-16-14-19/h1-16H,17H2. The highest BCUT2D eigenvalue weighted by atomic mass is 32.1. The van der Waals surface area contributed by atoms with Crippen molar-refractivity contribution in [2.24, 2.45) is 0 Å². The first-order chi connectivity index (χ1) is 16.4. The van der Waals surface area contributed by atoms with Crippen molar-refractivity contribution < 1.29 is 0 Å². The summed E-state index contributed by atoms with van der Waals surface area (Å²) in [5.41, 5.74) is 9.42. The third-order valence-electron chi connectivity index (χ3n) is 7.11. The maximum Gasteiger partial charge on any atom is 0.0597 e. The fourth-order valence-electron chi connectivity index (χ4n) is 5.83. The normalized spacial score (nSPS) is 12.7. The van der Waals surface area contributed by atoms with Gasteiger partial charge in [0.05, 0.1) is 11.0 Å². The van der Waals surface area contributed by atoms with Crippen LogP contribution in [0.2, 0.25) is 0 Å². The summed E-state index contributed by atoms with van der Waals surface area (Å²) in [4.78, 5) is 4.29. The molecule has 0 unspecified atom stereocenters. The van der Waals surface area contributed by atoms with E-state index in [1.165, 1.54) is 64.2 Å². The van der Waals surface area contributed by atoms with Gasteiger partial charge in [-0.25, -0.2) is 0 Å². The van der Waals surface area contributed by atoms with Crippen LogP contribution in [0, 0.1) is 0 Å². The van der Waals surface area contributed by atoms with Crippen LogP contribution >= 0.6 is 11.3 Å². The van der Waals surface area contributed by atoms with Crippen molar-refractivity contribution in [2.75, 3.05) is 0 Å². The lowest BCUT2D eigenvalue weighted by Crippen LogP contribution is -1.97. The molecule has 33 heavy (non-hydrogen) atoms. The number of fused-ring (bicyclic) bond motifs is 12. The first-order valence-electron chi connectivity index (χ1n) is 11.3. The van der Waals surface area contributed by atoms with E-state index in [1.54, 1.807) is 0 Å². The van der Waals surface area contributed by atoms with Crippen LogP contribution in [-0.4, -0.2) is 9.55 Å². The van der Waals surface area contributed by atoms with Gasteiger partial charge in [0.2, 0.25) is 0 Å². The zero-order valence-electron chi connectivity index (χ0n) is 17.7. The molecule has 1 aliphatic carbocycles. The predicted molar refractivity (Wildman–Crippen MR) is 140 cm³/mol. The summed E-state index contributed by atoms with van der Waals surface area (Å²) >= 11 is 1.93. The van der Waals surface area contributed by atoms with Gasteiger partial charge in [-0.1, -0.05) is 60.7 Å². The number of benzene rings is 4. The number of aromatic nitrogens is 2. The smallest absolute Gasteiger partial charge is 0.0597 e. The molecule has 0 spiro atoms. The molecule has 0 saturated heterocycles. The molecule has 0 N–H and O–H groups in total. The van der Waals surface area contributed by atoms with Crippen LogP contribution in [0.5, 0.6) is 0 Å². The van der Waals surface area contributed by atoms with Gasteiger partial charge in [0.25, 0.3) is 0 Å². The lowest BCUT2D eigenvalue weighted by atomic mass is 9.96. The molecule has 3 aromatic heterocycles. The minimum Gasteiger partial charge on any atom is -0.309 e. The highest BCUT2D eigenvalue weighted by Gasteiger charge is 2.29. The average Bonchev–Trinajstić information content (AvgIpc) is 3.53. The summed E-state index contributed by atoms with van der Waals surface area (Å²) in [6, 6.07) is 30.9. The van der Waals surface area contributed by atoms with Crippen molar-refractivity contribution in [3.8, 4) is 16.8 Å². The molecular formula is C30H18N2S. The second-order valence-corrected chi connectivity index (χ2v) is 9.82. The number of rotatable bonds is 1. The van der Waals surface area contributed by atoms with E-state index >= 15 is 0 Å². The van der Waals surface area contributed by atoms with Crippen LogP contribution in [0.3, 0.4) is 0 Å². The van der Waals surface area contributed by atoms with Crippen LogP contribution in [-0.2, 0) is 6.42 Å². The van der Waals surface area contributed by atoms with Gasteiger partial charge in [-0.05, 0) is 46.5 Å². The molecule has 3 heteroatoms. The van der Waals surface area contributed by atoms with Crippen LogP contribution in [0.25, 0.3) is 58.8 Å². The van der Waals surface area contributed by atoms with Crippen molar-refractivity contribution in [3.05, 3.63) is 108 Å². The summed E-state index contributed by atoms with van der Waals surface area (Å²) in [6.07, 6.45) is 4.75. The molecule has 3 heterocycles. The van der Waals surface area contributed by atoms with Crippen LogP contribution in [0.15, 0.2) is 97.3 Å². The molecule has 154 valence electrons. The van der Waals surface area contributed by atoms with E-state index in [0.717, 1.165) is 12.1 Å². The Labute approximate surface area is 194 Å². The lowest BCUT2D eigenvalue weighted by Gasteiger charge is -2.12. The fraction of sp³-hybridized carbons (Fsp3) is 0.0333. The highest BCUT2D eigenvalue weighted by Crippen LogP contribution is 2.53. The zero-order chi connectivity index (χ0) is 21.5. The van der Waals surface area contributed by atoms with Crippen molar-refractivity contribution in [2.45, 2.75) is 6.42 Å². The molecule has 4 aromatic carbocycles. The number of thiophene rings is 1. The summed E-state index contributed by atoms with van der Waals surface area (Å²) < 4.78 is 5.21. The summed E-state index contributed by atoms with van der Waals surface area (Å²) in [5.74, 6) is 0. The van der Waals surface area contributed by atoms with Crippen LogP contribution in [0.4, 0.5) is 0 Å². The second kappa shape index (κ2) is 6.31. The van der Waals surface area contributed by atoms with E-state index in [9.17, 15) is 0 Å². The zero-order valence-corrected chi connectivity index (χ0v) is 18.6. The molecule has 0 aliphatic heterocycles. The van der Waals surface area contributed by atoms with Gasteiger partial charge in [-0.2, -0.15) is 0 Å². The van der Waals surface area contributed by atoms with Gasteiger partial charge < -0.3 is 4.57 Å². The van der Waals surface area contributed by atoms with Gasteiger partial charge in [0, 0.05) is 55.4 Å². The molecule has 0 amide bonds. The first-order valence-corrected chi connectivity index (χ1v) is 12.1. The maximum atomic E-state index is 4.29. The maximum absolute atomic E-state index is 4.29. The molecule has 0 fully saturated rings. The average molecular weight is 439 g/mol. The van der Waals surface area contributed by atoms with Crippen molar-refractivity contribution in [1.29, 1.82) is 0 Å². The largest absolute Gasteiger partial charge is 0.309 e. The van der Waals surface area contributed by atoms with E-state index in [-0.39, 0.29) is 0 Å². The molecule has 0 bridgehead atoms. The Kier molecular flexibility index (Phi) is 3.36. The quantitative estimate of drug-likeness (QED) is 0.253. The van der Waals surface area contributed by atoms with Gasteiger partial charge >= 0.3 is 0 Å². The monoisotopic (exact) mass is 438 g/mol.